The molecule has 0 amide bonds. The Labute approximate surface area is 274 Å². The van der Waals surface area contributed by atoms with Crippen LogP contribution in [0.3, 0.4) is 0 Å². The van der Waals surface area contributed by atoms with Gasteiger partial charge in [-0.05, 0) is 164 Å². The molecule has 228 valence electrons. The summed E-state index contributed by atoms with van der Waals surface area (Å²) >= 11 is 0. The summed E-state index contributed by atoms with van der Waals surface area (Å²) in [6.45, 7) is 17.0. The van der Waals surface area contributed by atoms with Crippen molar-refractivity contribution >= 4 is 40.2 Å². The fourth-order valence-corrected chi connectivity index (χ4v) is 6.36. The van der Waals surface area contributed by atoms with Gasteiger partial charge >= 0.3 is 0 Å². The smallest absolute Gasteiger partial charge is 0.0491 e. The maximum absolute atomic E-state index is 3.99. The highest BCUT2D eigenvalue weighted by molar-refractivity contribution is 5.84. The first-order valence-corrected chi connectivity index (χ1v) is 16.0. The van der Waals surface area contributed by atoms with Crippen LogP contribution in [0.5, 0.6) is 0 Å². The normalized spacial score (nSPS) is 10.9. The lowest BCUT2D eigenvalue weighted by atomic mass is 9.98. The van der Waals surface area contributed by atoms with Gasteiger partial charge in [-0.1, -0.05) is 67.3 Å². The van der Waals surface area contributed by atoms with Gasteiger partial charge in [0.1, 0.15) is 0 Å². The van der Waals surface area contributed by atoms with E-state index in [1.165, 1.54) is 55.9 Å². The van der Waals surface area contributed by atoms with Crippen LogP contribution in [-0.2, 0) is 0 Å². The van der Waals surface area contributed by atoms with Crippen molar-refractivity contribution in [2.45, 2.75) is 41.5 Å². The maximum atomic E-state index is 3.99. The molecule has 0 N–H and O–H groups in total. The van der Waals surface area contributed by atoms with Crippen LogP contribution in [0.4, 0.5) is 34.1 Å². The van der Waals surface area contributed by atoms with Crippen molar-refractivity contribution in [3.05, 3.63) is 173 Å². The van der Waals surface area contributed by atoms with E-state index in [1.54, 1.807) is 0 Å². The third kappa shape index (κ3) is 6.25. The summed E-state index contributed by atoms with van der Waals surface area (Å²) in [6, 6.07) is 46.5. The van der Waals surface area contributed by atoms with Crippen molar-refractivity contribution in [1.82, 2.24) is 0 Å². The van der Waals surface area contributed by atoms with Gasteiger partial charge in [-0.2, -0.15) is 0 Å². The Balaban J connectivity index is 1.40. The predicted octanol–water partition coefficient (Wildman–Crippen LogP) is 12.8. The van der Waals surface area contributed by atoms with Gasteiger partial charge in [0.25, 0.3) is 0 Å². The Morgan fingerprint density at radius 3 is 1.17 bits per heavy atom. The molecule has 0 spiro atoms. The summed E-state index contributed by atoms with van der Waals surface area (Å²) in [4.78, 5) is 4.73. The predicted molar refractivity (Wildman–Crippen MR) is 200 cm³/mol. The molecule has 0 heterocycles. The zero-order valence-electron chi connectivity index (χ0n) is 27.8. The first-order chi connectivity index (χ1) is 22.2. The largest absolute Gasteiger partial charge is 0.310 e. The van der Waals surface area contributed by atoms with E-state index >= 15 is 0 Å². The Hall–Kier alpha value is -5.34. The third-order valence-corrected chi connectivity index (χ3v) is 8.72. The van der Waals surface area contributed by atoms with E-state index in [2.05, 4.69) is 185 Å². The molecule has 0 aliphatic heterocycles. The van der Waals surface area contributed by atoms with Crippen molar-refractivity contribution in [2.24, 2.45) is 0 Å². The van der Waals surface area contributed by atoms with Crippen LogP contribution < -0.4 is 9.80 Å². The summed E-state index contributed by atoms with van der Waals surface area (Å²) in [5.74, 6) is 0. The Morgan fingerprint density at radius 1 is 0.413 bits per heavy atom. The van der Waals surface area contributed by atoms with Gasteiger partial charge in [0.05, 0.1) is 0 Å². The number of anilines is 6. The second-order valence-corrected chi connectivity index (χ2v) is 12.4. The molecule has 6 aromatic carbocycles. The van der Waals surface area contributed by atoms with E-state index in [-0.39, 0.29) is 0 Å². The van der Waals surface area contributed by atoms with Gasteiger partial charge < -0.3 is 9.80 Å². The van der Waals surface area contributed by atoms with Gasteiger partial charge in [-0.25, -0.2) is 0 Å². The van der Waals surface area contributed by atoms with Gasteiger partial charge in [-0.15, -0.1) is 0 Å². The van der Waals surface area contributed by atoms with E-state index in [0.29, 0.717) is 0 Å². The lowest BCUT2D eigenvalue weighted by Gasteiger charge is -2.29. The molecule has 0 aliphatic rings. The molecule has 0 unspecified atom stereocenters. The standard InChI is InChI=1S/C44H42N2/c1-8-36-18-21-42(29-33(36)5)46(41-17-11-14-32(4)26-41)44-23-20-38(28-35(44)7)37-19-22-43(34(6)27-37)45(39-15-9-12-30(2)24-39)40-16-10-13-31(3)25-40/h8-29H,1H2,2-7H3. The molecule has 6 aromatic rings. The zero-order valence-corrected chi connectivity index (χ0v) is 27.8. The molecule has 0 atom stereocenters. The minimum Gasteiger partial charge on any atom is -0.310 e. The van der Waals surface area contributed by atoms with Gasteiger partial charge in [-0.3, -0.25) is 0 Å². The van der Waals surface area contributed by atoms with Crippen molar-refractivity contribution in [1.29, 1.82) is 0 Å². The average molecular weight is 599 g/mol. The molecule has 6 rings (SSSR count). The molecule has 0 saturated carbocycles. The number of rotatable bonds is 8. The summed E-state index contributed by atoms with van der Waals surface area (Å²) in [6.07, 6.45) is 1.92. The maximum Gasteiger partial charge on any atom is 0.0491 e. The number of hydrogen-bond acceptors (Lipinski definition) is 2. The van der Waals surface area contributed by atoms with Crippen molar-refractivity contribution < 1.29 is 0 Å². The lowest BCUT2D eigenvalue weighted by molar-refractivity contribution is 1.23. The highest BCUT2D eigenvalue weighted by atomic mass is 15.1. The molecular formula is C44H42N2. The number of aryl methyl sites for hydroxylation is 6. The van der Waals surface area contributed by atoms with Gasteiger partial charge in [0, 0.05) is 34.1 Å². The molecule has 0 radical (unpaired) electrons. The van der Waals surface area contributed by atoms with E-state index < -0.39 is 0 Å². The Morgan fingerprint density at radius 2 is 0.826 bits per heavy atom. The minimum absolute atomic E-state index is 1.14. The fraction of sp³-hybridized carbons (Fsp3) is 0.136. The summed E-state index contributed by atoms with van der Waals surface area (Å²) in [5, 5.41) is 0. The SMILES string of the molecule is C=Cc1ccc(N(c2cccc(C)c2)c2ccc(-c3ccc(N(c4cccc(C)c4)c4cccc(C)c4)c(C)c3)cc2C)cc1C. The molecule has 0 bridgehead atoms. The summed E-state index contributed by atoms with van der Waals surface area (Å²) < 4.78 is 0. The monoisotopic (exact) mass is 598 g/mol. The highest BCUT2D eigenvalue weighted by Gasteiger charge is 2.18. The Kier molecular flexibility index (Phi) is 8.63. The third-order valence-electron chi connectivity index (χ3n) is 8.72. The van der Waals surface area contributed by atoms with Crippen LogP contribution in [0.25, 0.3) is 17.2 Å². The van der Waals surface area contributed by atoms with Crippen molar-refractivity contribution in [3.63, 3.8) is 0 Å². The summed E-state index contributed by atoms with van der Waals surface area (Å²) in [5.41, 5.74) is 17.9. The van der Waals surface area contributed by atoms with Crippen LogP contribution in [-0.4, -0.2) is 0 Å². The first kappa shape index (κ1) is 30.7. The fourth-order valence-electron chi connectivity index (χ4n) is 6.36. The Bertz CT molecular complexity index is 2010. The molecule has 0 fully saturated rings. The molecule has 0 aromatic heterocycles. The van der Waals surface area contributed by atoms with Crippen molar-refractivity contribution in [3.8, 4) is 11.1 Å². The molecular weight excluding hydrogens is 556 g/mol. The quantitative estimate of drug-likeness (QED) is 0.172. The van der Waals surface area contributed by atoms with Crippen LogP contribution in [0.1, 0.15) is 38.9 Å². The molecule has 0 saturated heterocycles. The molecule has 2 nitrogen and oxygen atoms in total. The van der Waals surface area contributed by atoms with Gasteiger partial charge in [0.2, 0.25) is 0 Å². The van der Waals surface area contributed by atoms with E-state index in [0.717, 1.165) is 28.3 Å². The molecule has 0 aliphatic carbocycles. The lowest BCUT2D eigenvalue weighted by Crippen LogP contribution is -2.12. The molecule has 46 heavy (non-hydrogen) atoms. The molecule has 2 heteroatoms. The van der Waals surface area contributed by atoms with Crippen LogP contribution >= 0.6 is 0 Å². The number of benzene rings is 6. The van der Waals surface area contributed by atoms with Crippen LogP contribution in [0.15, 0.2) is 134 Å². The topological polar surface area (TPSA) is 6.48 Å². The zero-order chi connectivity index (χ0) is 32.4. The van der Waals surface area contributed by atoms with Gasteiger partial charge in [0.15, 0.2) is 0 Å². The highest BCUT2D eigenvalue weighted by Crippen LogP contribution is 2.41. The number of hydrogen-bond donors (Lipinski definition) is 0. The van der Waals surface area contributed by atoms with E-state index in [1.807, 2.05) is 6.08 Å². The van der Waals surface area contributed by atoms with Crippen LogP contribution in [0.2, 0.25) is 0 Å². The van der Waals surface area contributed by atoms with E-state index in [4.69, 9.17) is 0 Å². The number of nitrogens with zero attached hydrogens (tertiary/aromatic N) is 2. The van der Waals surface area contributed by atoms with E-state index in [9.17, 15) is 0 Å². The first-order valence-electron chi connectivity index (χ1n) is 16.0. The minimum atomic E-state index is 1.14. The van der Waals surface area contributed by atoms with Crippen molar-refractivity contribution in [2.75, 3.05) is 9.80 Å². The summed E-state index contributed by atoms with van der Waals surface area (Å²) in [7, 11) is 0. The average Bonchev–Trinajstić information content (AvgIpc) is 3.03. The second kappa shape index (κ2) is 12.9. The second-order valence-electron chi connectivity index (χ2n) is 12.4. The van der Waals surface area contributed by atoms with Crippen LogP contribution in [0, 0.1) is 41.5 Å².